The molecule has 0 spiro atoms. The SMILES string of the molecule is CCOC(=O)C1=C(C)N(c2ccc(OC)cc2)C(=O)/C1=C\c1cc(C)n(-c2cc(Cl)ccc2Cl)c1C. The number of aromatic nitrogens is 1. The Balaban J connectivity index is 1.85. The van der Waals surface area contributed by atoms with Crippen LogP contribution in [-0.2, 0) is 14.3 Å². The van der Waals surface area contributed by atoms with Crippen molar-refractivity contribution in [1.82, 2.24) is 4.57 Å². The van der Waals surface area contributed by atoms with E-state index in [1.165, 1.54) is 4.90 Å². The van der Waals surface area contributed by atoms with Crippen molar-refractivity contribution in [3.8, 4) is 11.4 Å². The first-order valence-electron chi connectivity index (χ1n) is 11.4. The van der Waals surface area contributed by atoms with Crippen LogP contribution in [0.2, 0.25) is 10.0 Å². The first-order valence-corrected chi connectivity index (χ1v) is 12.2. The number of carbonyl (C=O) groups excluding carboxylic acids is 2. The molecule has 0 radical (unpaired) electrons. The van der Waals surface area contributed by atoms with Gasteiger partial charge in [-0.05, 0) is 87.9 Å². The summed E-state index contributed by atoms with van der Waals surface area (Å²) in [7, 11) is 1.58. The topological polar surface area (TPSA) is 60.8 Å². The minimum atomic E-state index is -0.544. The molecule has 0 N–H and O–H groups in total. The van der Waals surface area contributed by atoms with Gasteiger partial charge in [0.05, 0.1) is 35.6 Å². The summed E-state index contributed by atoms with van der Waals surface area (Å²) in [6, 6.07) is 14.3. The number of hydrogen-bond acceptors (Lipinski definition) is 4. The maximum absolute atomic E-state index is 13.7. The summed E-state index contributed by atoms with van der Waals surface area (Å²) in [6.45, 7) is 7.54. The summed E-state index contributed by atoms with van der Waals surface area (Å²) in [5.74, 6) is -0.191. The molecule has 0 fully saturated rings. The van der Waals surface area contributed by atoms with Crippen molar-refractivity contribution in [2.75, 3.05) is 18.6 Å². The fraction of sp³-hybridized carbons (Fsp3) is 0.214. The van der Waals surface area contributed by atoms with E-state index in [1.807, 2.05) is 24.5 Å². The molecular weight excluding hydrogens is 499 g/mol. The molecular formula is C28H26Cl2N2O4. The number of esters is 1. The van der Waals surface area contributed by atoms with Gasteiger partial charge in [-0.1, -0.05) is 23.2 Å². The van der Waals surface area contributed by atoms with E-state index in [1.54, 1.807) is 69.5 Å². The number of carbonyl (C=O) groups is 2. The summed E-state index contributed by atoms with van der Waals surface area (Å²) in [6.07, 6.45) is 1.74. The fourth-order valence-electron chi connectivity index (χ4n) is 4.44. The van der Waals surface area contributed by atoms with Gasteiger partial charge >= 0.3 is 5.97 Å². The van der Waals surface area contributed by atoms with E-state index in [4.69, 9.17) is 32.7 Å². The Morgan fingerprint density at radius 1 is 1.03 bits per heavy atom. The van der Waals surface area contributed by atoms with E-state index < -0.39 is 5.97 Å². The van der Waals surface area contributed by atoms with Crippen LogP contribution >= 0.6 is 23.2 Å². The third kappa shape index (κ3) is 4.54. The van der Waals surface area contributed by atoms with Gasteiger partial charge in [0.15, 0.2) is 0 Å². The lowest BCUT2D eigenvalue weighted by Crippen LogP contribution is -2.24. The number of hydrogen-bond donors (Lipinski definition) is 0. The van der Waals surface area contributed by atoms with E-state index in [0.717, 1.165) is 22.6 Å². The highest BCUT2D eigenvalue weighted by molar-refractivity contribution is 6.34. The molecule has 6 nitrogen and oxygen atoms in total. The van der Waals surface area contributed by atoms with Gasteiger partial charge in [0, 0.05) is 27.8 Å². The molecule has 36 heavy (non-hydrogen) atoms. The van der Waals surface area contributed by atoms with Crippen molar-refractivity contribution in [3.05, 3.63) is 92.4 Å². The number of allylic oxidation sites excluding steroid dienone is 1. The van der Waals surface area contributed by atoms with Crippen LogP contribution in [-0.4, -0.2) is 30.2 Å². The molecule has 2 heterocycles. The quantitative estimate of drug-likeness (QED) is 0.266. The molecule has 0 atom stereocenters. The number of methoxy groups -OCH3 is 1. The standard InChI is InChI=1S/C28H26Cl2N2O4/c1-6-36-28(34)26-18(4)32(21-8-10-22(35-5)11-9-21)27(33)23(26)14-19-13-16(2)31(17(19)3)25-15-20(29)7-12-24(25)30/h7-15H,6H2,1-5H3/b23-14-. The summed E-state index contributed by atoms with van der Waals surface area (Å²) in [4.78, 5) is 28.2. The van der Waals surface area contributed by atoms with Gasteiger partial charge in [-0.3, -0.25) is 9.69 Å². The second-order valence-corrected chi connectivity index (χ2v) is 9.18. The summed E-state index contributed by atoms with van der Waals surface area (Å²) in [5, 5.41) is 1.11. The van der Waals surface area contributed by atoms with Crippen LogP contribution < -0.4 is 9.64 Å². The van der Waals surface area contributed by atoms with Crippen molar-refractivity contribution >= 4 is 46.8 Å². The predicted octanol–water partition coefficient (Wildman–Crippen LogP) is 6.68. The van der Waals surface area contributed by atoms with Crippen LogP contribution in [0.4, 0.5) is 5.69 Å². The molecule has 0 aliphatic carbocycles. The Morgan fingerprint density at radius 3 is 2.36 bits per heavy atom. The van der Waals surface area contributed by atoms with Crippen LogP contribution in [0.5, 0.6) is 5.75 Å². The molecule has 1 aromatic heterocycles. The van der Waals surface area contributed by atoms with Crippen LogP contribution in [0.1, 0.15) is 30.8 Å². The van der Waals surface area contributed by atoms with Gasteiger partial charge in [0.2, 0.25) is 0 Å². The number of benzene rings is 2. The van der Waals surface area contributed by atoms with Crippen molar-refractivity contribution in [2.45, 2.75) is 27.7 Å². The van der Waals surface area contributed by atoms with Crippen molar-refractivity contribution in [3.63, 3.8) is 0 Å². The molecule has 1 amide bonds. The molecule has 0 bridgehead atoms. The van der Waals surface area contributed by atoms with E-state index in [9.17, 15) is 9.59 Å². The van der Waals surface area contributed by atoms with Gasteiger partial charge in [-0.2, -0.15) is 0 Å². The maximum atomic E-state index is 13.7. The highest BCUT2D eigenvalue weighted by Gasteiger charge is 2.38. The summed E-state index contributed by atoms with van der Waals surface area (Å²) >= 11 is 12.7. The smallest absolute Gasteiger partial charge is 0.340 e. The lowest BCUT2D eigenvalue weighted by atomic mass is 10.0. The van der Waals surface area contributed by atoms with Crippen LogP contribution in [0.3, 0.4) is 0 Å². The number of amides is 1. The van der Waals surface area contributed by atoms with Gasteiger partial charge < -0.3 is 14.0 Å². The average molecular weight is 525 g/mol. The van der Waals surface area contributed by atoms with E-state index >= 15 is 0 Å². The molecule has 2 aromatic carbocycles. The second kappa shape index (κ2) is 10.2. The third-order valence-electron chi connectivity index (χ3n) is 6.13. The minimum absolute atomic E-state index is 0.196. The lowest BCUT2D eigenvalue weighted by Gasteiger charge is -2.18. The van der Waals surface area contributed by atoms with Gasteiger partial charge in [-0.15, -0.1) is 0 Å². The lowest BCUT2D eigenvalue weighted by molar-refractivity contribution is -0.138. The highest BCUT2D eigenvalue weighted by Crippen LogP contribution is 2.37. The Morgan fingerprint density at radius 2 is 1.72 bits per heavy atom. The van der Waals surface area contributed by atoms with Crippen LogP contribution in [0, 0.1) is 13.8 Å². The predicted molar refractivity (Wildman–Crippen MR) is 143 cm³/mol. The molecule has 8 heteroatoms. The number of halogens is 2. The van der Waals surface area contributed by atoms with Crippen LogP contribution in [0.15, 0.2) is 65.4 Å². The number of aryl methyl sites for hydroxylation is 1. The fourth-order valence-corrected chi connectivity index (χ4v) is 4.81. The highest BCUT2D eigenvalue weighted by atomic mass is 35.5. The third-order valence-corrected chi connectivity index (χ3v) is 6.68. The Bertz CT molecular complexity index is 1420. The number of rotatable bonds is 6. The van der Waals surface area contributed by atoms with Crippen LogP contribution in [0.25, 0.3) is 11.8 Å². The van der Waals surface area contributed by atoms with Crippen molar-refractivity contribution < 1.29 is 19.1 Å². The average Bonchev–Trinajstić information content (AvgIpc) is 3.26. The molecule has 0 saturated heterocycles. The minimum Gasteiger partial charge on any atom is -0.497 e. The zero-order valence-electron chi connectivity index (χ0n) is 20.7. The van der Waals surface area contributed by atoms with Gasteiger partial charge in [-0.25, -0.2) is 4.79 Å². The van der Waals surface area contributed by atoms with E-state index in [-0.39, 0.29) is 23.7 Å². The maximum Gasteiger partial charge on any atom is 0.340 e. The monoisotopic (exact) mass is 524 g/mol. The number of nitrogens with zero attached hydrogens (tertiary/aromatic N) is 2. The first-order chi connectivity index (χ1) is 17.2. The molecule has 4 rings (SSSR count). The zero-order chi connectivity index (χ0) is 26.1. The molecule has 3 aromatic rings. The molecule has 0 unspecified atom stereocenters. The first kappa shape index (κ1) is 25.6. The molecule has 0 saturated carbocycles. The summed E-state index contributed by atoms with van der Waals surface area (Å²) < 4.78 is 12.5. The van der Waals surface area contributed by atoms with Crippen molar-refractivity contribution in [2.24, 2.45) is 0 Å². The molecule has 186 valence electrons. The normalized spacial score (nSPS) is 14.7. The number of ether oxygens (including phenoxy) is 2. The largest absolute Gasteiger partial charge is 0.497 e. The van der Waals surface area contributed by atoms with Gasteiger partial charge in [0.1, 0.15) is 5.75 Å². The van der Waals surface area contributed by atoms with E-state index in [2.05, 4.69) is 0 Å². The Labute approximate surface area is 220 Å². The zero-order valence-corrected chi connectivity index (χ0v) is 22.2. The van der Waals surface area contributed by atoms with E-state index in [0.29, 0.717) is 27.2 Å². The molecule has 1 aliphatic heterocycles. The Hall–Kier alpha value is -3.48. The Kier molecular flexibility index (Phi) is 7.29. The number of anilines is 1. The van der Waals surface area contributed by atoms with Gasteiger partial charge in [0.25, 0.3) is 5.91 Å². The molecule has 1 aliphatic rings. The van der Waals surface area contributed by atoms with Crippen molar-refractivity contribution in [1.29, 1.82) is 0 Å². The second-order valence-electron chi connectivity index (χ2n) is 8.34. The summed E-state index contributed by atoms with van der Waals surface area (Å²) in [5.41, 5.74) is 4.89.